The second kappa shape index (κ2) is 4.56. The smallest absolute Gasteiger partial charge is 0.168 e. The van der Waals surface area contributed by atoms with Gasteiger partial charge in [-0.15, -0.1) is 5.10 Å². The van der Waals surface area contributed by atoms with Crippen LogP contribution in [0.15, 0.2) is 40.9 Å². The van der Waals surface area contributed by atoms with Crippen molar-refractivity contribution in [1.29, 1.82) is 0 Å². The van der Waals surface area contributed by atoms with E-state index in [0.717, 1.165) is 17.0 Å². The maximum atomic E-state index is 5.65. The molecule has 3 rings (SSSR count). The highest BCUT2D eigenvalue weighted by Gasteiger charge is 2.10. The van der Waals surface area contributed by atoms with E-state index in [2.05, 4.69) is 15.5 Å². The highest BCUT2D eigenvalue weighted by Crippen LogP contribution is 2.19. The molecule has 19 heavy (non-hydrogen) atoms. The highest BCUT2D eigenvalue weighted by molar-refractivity contribution is 5.58. The van der Waals surface area contributed by atoms with Crippen LogP contribution in [0.4, 0.5) is 5.82 Å². The molecule has 2 N–H and O–H groups in total. The summed E-state index contributed by atoms with van der Waals surface area (Å²) in [6.45, 7) is 2.33. The molecule has 6 heteroatoms. The molecule has 0 aliphatic carbocycles. The van der Waals surface area contributed by atoms with E-state index in [9.17, 15) is 0 Å². The van der Waals surface area contributed by atoms with Crippen molar-refractivity contribution < 1.29 is 4.52 Å². The van der Waals surface area contributed by atoms with Crippen LogP contribution in [0.2, 0.25) is 0 Å². The van der Waals surface area contributed by atoms with Gasteiger partial charge in [0.25, 0.3) is 0 Å². The number of rotatable bonds is 3. The number of hydrogen-bond donors (Lipinski definition) is 1. The molecular formula is C13H13N5O. The Balaban J connectivity index is 1.84. The number of anilines is 1. The third-order valence-corrected chi connectivity index (χ3v) is 2.95. The first-order chi connectivity index (χ1) is 9.24. The molecule has 96 valence electrons. The number of aromatic nitrogens is 4. The Kier molecular flexibility index (Phi) is 2.75. The van der Waals surface area contributed by atoms with Gasteiger partial charge in [0.1, 0.15) is 12.2 Å². The van der Waals surface area contributed by atoms with Crippen molar-refractivity contribution in [3.05, 3.63) is 47.9 Å². The van der Waals surface area contributed by atoms with Crippen molar-refractivity contribution in [2.75, 3.05) is 5.73 Å². The summed E-state index contributed by atoms with van der Waals surface area (Å²) in [7, 11) is 0. The fraction of sp³-hybridized carbons (Fsp3) is 0.154. The van der Waals surface area contributed by atoms with Crippen LogP contribution in [-0.4, -0.2) is 20.2 Å². The number of hydrogen-bond acceptors (Lipinski definition) is 5. The second-order valence-corrected chi connectivity index (χ2v) is 4.26. The molecule has 0 fully saturated rings. The maximum absolute atomic E-state index is 5.65. The molecule has 0 aliphatic rings. The Morgan fingerprint density at radius 2 is 2.05 bits per heavy atom. The first-order valence-corrected chi connectivity index (χ1v) is 5.90. The lowest BCUT2D eigenvalue weighted by molar-refractivity contribution is 0.370. The van der Waals surface area contributed by atoms with Gasteiger partial charge in [-0.05, 0) is 6.92 Å². The van der Waals surface area contributed by atoms with E-state index in [1.807, 2.05) is 43.3 Å². The zero-order chi connectivity index (χ0) is 13.2. The monoisotopic (exact) mass is 255 g/mol. The molecule has 0 radical (unpaired) electrons. The minimum atomic E-state index is 0.433. The average Bonchev–Trinajstić information content (AvgIpc) is 3.02. The van der Waals surface area contributed by atoms with Crippen molar-refractivity contribution in [2.24, 2.45) is 0 Å². The summed E-state index contributed by atoms with van der Waals surface area (Å²) < 4.78 is 6.99. The van der Waals surface area contributed by atoms with E-state index in [1.54, 1.807) is 4.68 Å². The molecule has 0 unspecified atom stereocenters. The lowest BCUT2D eigenvalue weighted by atomic mass is 10.1. The summed E-state index contributed by atoms with van der Waals surface area (Å²) in [4.78, 5) is 0. The summed E-state index contributed by atoms with van der Waals surface area (Å²) >= 11 is 0. The van der Waals surface area contributed by atoms with Gasteiger partial charge in [0.2, 0.25) is 0 Å². The Bertz CT molecular complexity index is 686. The van der Waals surface area contributed by atoms with E-state index in [1.165, 1.54) is 0 Å². The molecule has 2 heterocycles. The fourth-order valence-electron chi connectivity index (χ4n) is 1.80. The average molecular weight is 255 g/mol. The van der Waals surface area contributed by atoms with Crippen LogP contribution in [0.5, 0.6) is 0 Å². The number of nitrogens with two attached hydrogens (primary N) is 1. The van der Waals surface area contributed by atoms with Crippen LogP contribution < -0.4 is 5.73 Å². The molecule has 0 saturated carbocycles. The van der Waals surface area contributed by atoms with Gasteiger partial charge < -0.3 is 10.3 Å². The van der Waals surface area contributed by atoms with Crippen molar-refractivity contribution in [3.8, 4) is 11.3 Å². The zero-order valence-electron chi connectivity index (χ0n) is 10.4. The Morgan fingerprint density at radius 3 is 2.74 bits per heavy atom. The standard InChI is InChI=1S/C13H13N5O/c1-9-13(14)15-17-18(9)8-11-7-12(16-19-11)10-5-3-2-4-6-10/h2-7H,8,14H2,1H3. The summed E-state index contributed by atoms with van der Waals surface area (Å²) in [5, 5.41) is 11.8. The van der Waals surface area contributed by atoms with Crippen LogP contribution in [0.3, 0.4) is 0 Å². The SMILES string of the molecule is Cc1c(N)nnn1Cc1cc(-c2ccccc2)no1. The fourth-order valence-corrected chi connectivity index (χ4v) is 1.80. The van der Waals surface area contributed by atoms with Gasteiger partial charge in [0.15, 0.2) is 11.6 Å². The Morgan fingerprint density at radius 1 is 1.26 bits per heavy atom. The minimum absolute atomic E-state index is 0.433. The van der Waals surface area contributed by atoms with Crippen molar-refractivity contribution >= 4 is 5.82 Å². The molecule has 0 bridgehead atoms. The predicted molar refractivity (Wildman–Crippen MR) is 70.2 cm³/mol. The van der Waals surface area contributed by atoms with Gasteiger partial charge in [0, 0.05) is 11.6 Å². The van der Waals surface area contributed by atoms with E-state index in [-0.39, 0.29) is 0 Å². The maximum Gasteiger partial charge on any atom is 0.168 e. The molecule has 0 amide bonds. The Labute approximate surface area is 109 Å². The van der Waals surface area contributed by atoms with Gasteiger partial charge >= 0.3 is 0 Å². The second-order valence-electron chi connectivity index (χ2n) is 4.26. The summed E-state index contributed by atoms with van der Waals surface area (Å²) in [6.07, 6.45) is 0. The normalized spacial score (nSPS) is 10.8. The van der Waals surface area contributed by atoms with Gasteiger partial charge in [-0.1, -0.05) is 40.7 Å². The first kappa shape index (κ1) is 11.5. The lowest BCUT2D eigenvalue weighted by Gasteiger charge is -1.98. The van der Waals surface area contributed by atoms with Crippen LogP contribution in [0, 0.1) is 6.92 Å². The minimum Gasteiger partial charge on any atom is -0.381 e. The van der Waals surface area contributed by atoms with E-state index >= 15 is 0 Å². The van der Waals surface area contributed by atoms with E-state index < -0.39 is 0 Å². The molecule has 0 atom stereocenters. The van der Waals surface area contributed by atoms with Crippen molar-refractivity contribution in [1.82, 2.24) is 20.2 Å². The van der Waals surface area contributed by atoms with E-state index in [0.29, 0.717) is 18.1 Å². The molecule has 0 spiro atoms. The molecule has 0 aliphatic heterocycles. The van der Waals surface area contributed by atoms with E-state index in [4.69, 9.17) is 10.3 Å². The van der Waals surface area contributed by atoms with Crippen LogP contribution in [0.25, 0.3) is 11.3 Å². The molecule has 2 aromatic heterocycles. The summed E-state index contributed by atoms with van der Waals surface area (Å²) in [6, 6.07) is 11.8. The highest BCUT2D eigenvalue weighted by atomic mass is 16.5. The number of nitrogen functional groups attached to an aromatic ring is 1. The van der Waals surface area contributed by atoms with Gasteiger partial charge in [-0.2, -0.15) is 0 Å². The molecule has 1 aromatic carbocycles. The topological polar surface area (TPSA) is 82.8 Å². The van der Waals surface area contributed by atoms with Crippen LogP contribution in [0.1, 0.15) is 11.5 Å². The molecule has 3 aromatic rings. The third kappa shape index (κ3) is 2.20. The Hall–Kier alpha value is -2.63. The molecular weight excluding hydrogens is 242 g/mol. The third-order valence-electron chi connectivity index (χ3n) is 2.95. The molecule has 0 saturated heterocycles. The van der Waals surface area contributed by atoms with Gasteiger partial charge in [0.05, 0.1) is 5.69 Å². The lowest BCUT2D eigenvalue weighted by Crippen LogP contribution is -2.03. The predicted octanol–water partition coefficient (Wildman–Crippen LogP) is 1.87. The van der Waals surface area contributed by atoms with Crippen LogP contribution in [-0.2, 0) is 6.54 Å². The number of nitrogens with zero attached hydrogens (tertiary/aromatic N) is 4. The largest absolute Gasteiger partial charge is 0.381 e. The van der Waals surface area contributed by atoms with Crippen molar-refractivity contribution in [3.63, 3.8) is 0 Å². The first-order valence-electron chi connectivity index (χ1n) is 5.90. The summed E-state index contributed by atoms with van der Waals surface area (Å²) in [5.74, 6) is 1.15. The quantitative estimate of drug-likeness (QED) is 0.772. The van der Waals surface area contributed by atoms with Gasteiger partial charge in [-0.3, -0.25) is 0 Å². The summed E-state index contributed by atoms with van der Waals surface area (Å²) in [5.41, 5.74) is 8.29. The zero-order valence-corrected chi connectivity index (χ0v) is 10.4. The van der Waals surface area contributed by atoms with Gasteiger partial charge in [-0.25, -0.2) is 4.68 Å². The van der Waals surface area contributed by atoms with Crippen molar-refractivity contribution in [2.45, 2.75) is 13.5 Å². The number of benzene rings is 1. The molecule has 6 nitrogen and oxygen atoms in total. The van der Waals surface area contributed by atoms with Crippen LogP contribution >= 0.6 is 0 Å².